The van der Waals surface area contributed by atoms with Crippen molar-refractivity contribution in [3.8, 4) is 17.2 Å². The predicted molar refractivity (Wildman–Crippen MR) is 120 cm³/mol. The zero-order valence-corrected chi connectivity index (χ0v) is 17.7. The lowest BCUT2D eigenvalue weighted by Gasteiger charge is -2.23. The summed E-state index contributed by atoms with van der Waals surface area (Å²) in [6.07, 6.45) is 3.15. The predicted octanol–water partition coefficient (Wildman–Crippen LogP) is 4.88. The second-order valence-corrected chi connectivity index (χ2v) is 7.29. The van der Waals surface area contributed by atoms with E-state index in [0.29, 0.717) is 24.6 Å². The van der Waals surface area contributed by atoms with Crippen LogP contribution in [0.25, 0.3) is 6.08 Å². The Morgan fingerprint density at radius 3 is 2.48 bits per heavy atom. The maximum atomic E-state index is 13.1. The fraction of sp³-hybridized carbons (Fsp3) is 0.192. The smallest absolute Gasteiger partial charge is 0.247 e. The van der Waals surface area contributed by atoms with Crippen LogP contribution in [-0.2, 0) is 11.3 Å². The van der Waals surface area contributed by atoms with Crippen molar-refractivity contribution in [3.63, 3.8) is 0 Å². The molecule has 31 heavy (non-hydrogen) atoms. The molecule has 4 rings (SSSR count). The van der Waals surface area contributed by atoms with E-state index < -0.39 is 0 Å². The van der Waals surface area contributed by atoms with Gasteiger partial charge in [0.2, 0.25) is 5.91 Å². The minimum absolute atomic E-state index is 0.0731. The fourth-order valence-corrected chi connectivity index (χ4v) is 3.65. The van der Waals surface area contributed by atoms with Crippen LogP contribution in [0.15, 0.2) is 78.9 Å². The van der Waals surface area contributed by atoms with Crippen molar-refractivity contribution in [1.82, 2.24) is 4.90 Å². The van der Waals surface area contributed by atoms with Crippen molar-refractivity contribution in [3.05, 3.63) is 95.6 Å². The maximum Gasteiger partial charge on any atom is 0.247 e. The van der Waals surface area contributed by atoms with Crippen LogP contribution in [0.1, 0.15) is 22.8 Å². The first-order chi connectivity index (χ1) is 15.2. The molecule has 3 aromatic rings. The van der Waals surface area contributed by atoms with Crippen LogP contribution < -0.4 is 14.2 Å². The largest absolute Gasteiger partial charge is 0.493 e. The highest BCUT2D eigenvalue weighted by Crippen LogP contribution is 2.31. The summed E-state index contributed by atoms with van der Waals surface area (Å²) >= 11 is 0. The van der Waals surface area contributed by atoms with Gasteiger partial charge in [-0.2, -0.15) is 0 Å². The van der Waals surface area contributed by atoms with Crippen molar-refractivity contribution in [2.24, 2.45) is 0 Å². The molecule has 0 saturated carbocycles. The molecule has 0 radical (unpaired) electrons. The molecule has 0 fully saturated rings. The molecule has 1 aliphatic heterocycles. The zero-order chi connectivity index (χ0) is 21.6. The topological polar surface area (TPSA) is 48.0 Å². The lowest BCUT2D eigenvalue weighted by atomic mass is 10.1. The fourth-order valence-electron chi connectivity index (χ4n) is 3.65. The second-order valence-electron chi connectivity index (χ2n) is 7.29. The lowest BCUT2D eigenvalue weighted by molar-refractivity contribution is -0.127. The zero-order valence-electron chi connectivity index (χ0n) is 17.7. The molecule has 1 heterocycles. The normalized spacial score (nSPS) is 15.7. The summed E-state index contributed by atoms with van der Waals surface area (Å²) < 4.78 is 16.9. The van der Waals surface area contributed by atoms with E-state index >= 15 is 0 Å². The first-order valence-electron chi connectivity index (χ1n) is 10.2. The van der Waals surface area contributed by atoms with Crippen molar-refractivity contribution >= 4 is 12.0 Å². The molecule has 1 amide bonds. The summed E-state index contributed by atoms with van der Waals surface area (Å²) in [6, 6.07) is 23.4. The van der Waals surface area contributed by atoms with Gasteiger partial charge in [-0.05, 0) is 35.4 Å². The number of rotatable bonds is 5. The number of fused-ring (bicyclic) bond motifs is 1. The minimum atomic E-state index is -0.233. The molecule has 158 valence electrons. The molecule has 0 spiro atoms. The molecular formula is C26H25NO4. The highest BCUT2D eigenvalue weighted by atomic mass is 16.5. The number of hydrogen-bond donors (Lipinski definition) is 0. The Labute approximate surface area is 182 Å². The molecule has 5 nitrogen and oxygen atoms in total. The number of benzene rings is 3. The third kappa shape index (κ3) is 4.72. The van der Waals surface area contributed by atoms with E-state index in [2.05, 4.69) is 0 Å². The number of para-hydroxylation sites is 1. The number of hydrogen-bond acceptors (Lipinski definition) is 4. The average molecular weight is 415 g/mol. The lowest BCUT2D eigenvalue weighted by Crippen LogP contribution is -2.32. The van der Waals surface area contributed by atoms with Gasteiger partial charge in [0.25, 0.3) is 0 Å². The first-order valence-corrected chi connectivity index (χ1v) is 10.2. The molecule has 0 aromatic heterocycles. The molecular weight excluding hydrogens is 390 g/mol. The number of ether oxygens (including phenoxy) is 3. The van der Waals surface area contributed by atoms with E-state index in [9.17, 15) is 4.79 Å². The SMILES string of the molecule is COc1ccc(/C=C/C(=O)N2Cc3ccccc3OC(c3ccccc3)C2)cc1OC. The summed E-state index contributed by atoms with van der Waals surface area (Å²) in [7, 11) is 3.19. The molecule has 1 unspecified atom stereocenters. The van der Waals surface area contributed by atoms with E-state index in [1.165, 1.54) is 0 Å². The molecule has 0 N–H and O–H groups in total. The van der Waals surface area contributed by atoms with Crippen LogP contribution in [0.2, 0.25) is 0 Å². The van der Waals surface area contributed by atoms with Gasteiger partial charge < -0.3 is 19.1 Å². The standard InChI is InChI=1S/C26H25NO4/c1-29-23-14-12-19(16-24(23)30-2)13-15-26(28)27-17-21-10-6-7-11-22(21)31-25(18-27)20-8-4-3-5-9-20/h3-16,25H,17-18H2,1-2H3/b15-13+. The Hall–Kier alpha value is -3.73. The Kier molecular flexibility index (Phi) is 6.22. The Balaban J connectivity index is 1.58. The van der Waals surface area contributed by atoms with Gasteiger partial charge in [-0.1, -0.05) is 54.6 Å². The molecule has 3 aromatic carbocycles. The molecule has 0 bridgehead atoms. The Morgan fingerprint density at radius 2 is 1.71 bits per heavy atom. The third-order valence-corrected chi connectivity index (χ3v) is 5.30. The molecule has 1 atom stereocenters. The highest BCUT2D eigenvalue weighted by molar-refractivity contribution is 5.92. The van der Waals surface area contributed by atoms with Gasteiger partial charge in [-0.15, -0.1) is 0 Å². The van der Waals surface area contributed by atoms with Gasteiger partial charge in [0.05, 0.1) is 20.8 Å². The average Bonchev–Trinajstić information content (AvgIpc) is 3.03. The quantitative estimate of drug-likeness (QED) is 0.558. The monoisotopic (exact) mass is 415 g/mol. The van der Waals surface area contributed by atoms with Gasteiger partial charge in [-0.3, -0.25) is 4.79 Å². The maximum absolute atomic E-state index is 13.1. The van der Waals surface area contributed by atoms with Crippen LogP contribution in [0.3, 0.4) is 0 Å². The minimum Gasteiger partial charge on any atom is -0.493 e. The molecule has 1 aliphatic rings. The van der Waals surface area contributed by atoms with Gasteiger partial charge in [0.15, 0.2) is 11.5 Å². The number of nitrogens with zero attached hydrogens (tertiary/aromatic N) is 1. The van der Waals surface area contributed by atoms with Crippen LogP contribution in [0.5, 0.6) is 17.2 Å². The summed E-state index contributed by atoms with van der Waals surface area (Å²) in [5.74, 6) is 2.02. The molecule has 0 aliphatic carbocycles. The van der Waals surface area contributed by atoms with Gasteiger partial charge in [0.1, 0.15) is 11.9 Å². The summed E-state index contributed by atoms with van der Waals surface area (Å²) in [5, 5.41) is 0. The highest BCUT2D eigenvalue weighted by Gasteiger charge is 2.26. The van der Waals surface area contributed by atoms with Gasteiger partial charge in [0, 0.05) is 18.2 Å². The van der Waals surface area contributed by atoms with Crippen LogP contribution in [0.4, 0.5) is 0 Å². The van der Waals surface area contributed by atoms with E-state index in [1.807, 2.05) is 77.7 Å². The van der Waals surface area contributed by atoms with E-state index in [1.54, 1.807) is 26.4 Å². The van der Waals surface area contributed by atoms with Gasteiger partial charge >= 0.3 is 0 Å². The van der Waals surface area contributed by atoms with Crippen molar-refractivity contribution in [2.45, 2.75) is 12.6 Å². The summed E-state index contributed by atoms with van der Waals surface area (Å²) in [6.45, 7) is 0.961. The van der Waals surface area contributed by atoms with Crippen molar-refractivity contribution in [2.75, 3.05) is 20.8 Å². The number of carbonyl (C=O) groups is 1. The van der Waals surface area contributed by atoms with Crippen LogP contribution in [0, 0.1) is 0 Å². The van der Waals surface area contributed by atoms with Crippen molar-refractivity contribution < 1.29 is 19.0 Å². The second kappa shape index (κ2) is 9.39. The summed E-state index contributed by atoms with van der Waals surface area (Å²) in [4.78, 5) is 14.9. The van der Waals surface area contributed by atoms with E-state index in [4.69, 9.17) is 14.2 Å². The van der Waals surface area contributed by atoms with Crippen molar-refractivity contribution in [1.29, 1.82) is 0 Å². The summed E-state index contributed by atoms with van der Waals surface area (Å²) in [5.41, 5.74) is 2.90. The molecule has 5 heteroatoms. The van der Waals surface area contributed by atoms with Crippen LogP contribution >= 0.6 is 0 Å². The third-order valence-electron chi connectivity index (χ3n) is 5.30. The van der Waals surface area contributed by atoms with E-state index in [-0.39, 0.29) is 12.0 Å². The van der Waals surface area contributed by atoms with E-state index in [0.717, 1.165) is 22.4 Å². The number of carbonyl (C=O) groups excluding carboxylic acids is 1. The number of methoxy groups -OCH3 is 2. The number of amides is 1. The Bertz CT molecular complexity index is 1080. The first kappa shape index (κ1) is 20.5. The van der Waals surface area contributed by atoms with Crippen LogP contribution in [-0.4, -0.2) is 31.6 Å². The van der Waals surface area contributed by atoms with Gasteiger partial charge in [-0.25, -0.2) is 0 Å². The Morgan fingerprint density at radius 1 is 0.968 bits per heavy atom. The molecule has 0 saturated heterocycles.